The van der Waals surface area contributed by atoms with Crippen molar-refractivity contribution in [1.82, 2.24) is 16.0 Å². The molecule has 2 rings (SSSR count). The second-order valence-corrected chi connectivity index (χ2v) is 7.22. The summed E-state index contributed by atoms with van der Waals surface area (Å²) >= 11 is 0. The number of amides is 2. The first-order chi connectivity index (χ1) is 11.2. The maximum atomic E-state index is 12.2. The molecule has 3 N–H and O–H groups in total. The highest BCUT2D eigenvalue weighted by molar-refractivity contribution is 5.79. The van der Waals surface area contributed by atoms with Crippen LogP contribution in [-0.2, 0) is 9.59 Å². The van der Waals surface area contributed by atoms with Gasteiger partial charge in [0.15, 0.2) is 0 Å². The lowest BCUT2D eigenvalue weighted by molar-refractivity contribution is -0.126. The van der Waals surface area contributed by atoms with Gasteiger partial charge < -0.3 is 16.0 Å². The molecule has 0 aromatic rings. The van der Waals surface area contributed by atoms with Crippen LogP contribution in [-0.4, -0.2) is 38.0 Å². The first-order valence-electron chi connectivity index (χ1n) is 9.40. The molecule has 2 aliphatic carbocycles. The molecule has 0 atom stereocenters. The monoisotopic (exact) mass is 323 g/mol. The van der Waals surface area contributed by atoms with Gasteiger partial charge in [0.05, 0.1) is 0 Å². The topological polar surface area (TPSA) is 70.2 Å². The quantitative estimate of drug-likeness (QED) is 0.627. The molecule has 0 unspecified atom stereocenters. The van der Waals surface area contributed by atoms with Gasteiger partial charge in [0, 0.05) is 31.5 Å². The van der Waals surface area contributed by atoms with E-state index in [1.165, 1.54) is 32.1 Å². The van der Waals surface area contributed by atoms with Crippen LogP contribution in [0.2, 0.25) is 0 Å². The molecule has 2 fully saturated rings. The fourth-order valence-electron chi connectivity index (χ4n) is 3.90. The minimum Gasteiger partial charge on any atom is -0.355 e. The summed E-state index contributed by atoms with van der Waals surface area (Å²) in [5, 5.41) is 9.20. The second-order valence-electron chi connectivity index (χ2n) is 7.22. The zero-order valence-electron chi connectivity index (χ0n) is 14.5. The summed E-state index contributed by atoms with van der Waals surface area (Å²) in [5.74, 6) is 1.11. The van der Waals surface area contributed by atoms with Crippen molar-refractivity contribution in [3.63, 3.8) is 0 Å². The van der Waals surface area contributed by atoms with E-state index in [-0.39, 0.29) is 23.8 Å². The summed E-state index contributed by atoms with van der Waals surface area (Å²) in [6, 6.07) is 0.271. The van der Waals surface area contributed by atoms with Crippen LogP contribution in [0.4, 0.5) is 0 Å². The van der Waals surface area contributed by atoms with Gasteiger partial charge in [-0.2, -0.15) is 0 Å². The normalized spacial score (nSPS) is 25.8. The van der Waals surface area contributed by atoms with Gasteiger partial charge in [-0.15, -0.1) is 0 Å². The lowest BCUT2D eigenvalue weighted by Crippen LogP contribution is -2.42. The number of rotatable bonds is 7. The Morgan fingerprint density at radius 2 is 1.61 bits per heavy atom. The molecule has 2 amide bonds. The molecule has 2 saturated carbocycles. The highest BCUT2D eigenvalue weighted by Gasteiger charge is 2.27. The van der Waals surface area contributed by atoms with Crippen molar-refractivity contribution in [2.45, 2.75) is 70.3 Å². The zero-order valence-corrected chi connectivity index (χ0v) is 14.5. The van der Waals surface area contributed by atoms with Gasteiger partial charge >= 0.3 is 0 Å². The van der Waals surface area contributed by atoms with Crippen molar-refractivity contribution in [3.05, 3.63) is 0 Å². The standard InChI is InChI=1S/C18H33N3O2/c1-19-11-12-20-18(23)15-7-9-16(10-8-15)21-17(22)13-14-5-3-2-4-6-14/h14-16,19H,2-13H2,1H3,(H,20,23)(H,21,22). The number of likely N-dealkylation sites (N-methyl/N-ethyl adjacent to an activating group) is 1. The highest BCUT2D eigenvalue weighted by atomic mass is 16.2. The van der Waals surface area contributed by atoms with Crippen molar-refractivity contribution in [2.75, 3.05) is 20.1 Å². The van der Waals surface area contributed by atoms with Gasteiger partial charge in [0.25, 0.3) is 0 Å². The van der Waals surface area contributed by atoms with E-state index in [2.05, 4.69) is 16.0 Å². The number of carbonyl (C=O) groups excluding carboxylic acids is 2. The molecule has 0 aromatic heterocycles. The first kappa shape index (κ1) is 18.2. The summed E-state index contributed by atoms with van der Waals surface area (Å²) in [5.41, 5.74) is 0. The second kappa shape index (κ2) is 9.91. The van der Waals surface area contributed by atoms with E-state index in [4.69, 9.17) is 0 Å². The Bertz CT molecular complexity index is 372. The molecule has 0 radical (unpaired) electrons. The van der Waals surface area contributed by atoms with E-state index in [9.17, 15) is 9.59 Å². The van der Waals surface area contributed by atoms with E-state index >= 15 is 0 Å². The average Bonchev–Trinajstić information content (AvgIpc) is 2.56. The van der Waals surface area contributed by atoms with Crippen LogP contribution in [0, 0.1) is 11.8 Å². The van der Waals surface area contributed by atoms with Crippen LogP contribution in [0.1, 0.15) is 64.2 Å². The molecule has 0 bridgehead atoms. The number of hydrogen-bond acceptors (Lipinski definition) is 3. The van der Waals surface area contributed by atoms with E-state index in [0.717, 1.165) is 32.2 Å². The Morgan fingerprint density at radius 1 is 0.913 bits per heavy atom. The SMILES string of the molecule is CNCCNC(=O)C1CCC(NC(=O)CC2CCCCC2)CC1. The molecule has 0 spiro atoms. The molecular formula is C18H33N3O2. The largest absolute Gasteiger partial charge is 0.355 e. The van der Waals surface area contributed by atoms with E-state index in [1.54, 1.807) is 0 Å². The molecule has 5 nitrogen and oxygen atoms in total. The minimum atomic E-state index is 0.123. The molecule has 2 aliphatic rings. The van der Waals surface area contributed by atoms with Gasteiger partial charge in [0.1, 0.15) is 0 Å². The van der Waals surface area contributed by atoms with Crippen LogP contribution in [0.15, 0.2) is 0 Å². The van der Waals surface area contributed by atoms with Gasteiger partial charge in [-0.3, -0.25) is 9.59 Å². The predicted molar refractivity (Wildman–Crippen MR) is 92.0 cm³/mol. The third-order valence-electron chi connectivity index (χ3n) is 5.34. The highest BCUT2D eigenvalue weighted by Crippen LogP contribution is 2.27. The lowest BCUT2D eigenvalue weighted by Gasteiger charge is -2.29. The third kappa shape index (κ3) is 6.50. The summed E-state index contributed by atoms with van der Waals surface area (Å²) in [4.78, 5) is 24.2. The molecule has 0 aliphatic heterocycles. The lowest BCUT2D eigenvalue weighted by atomic mass is 9.84. The Balaban J connectivity index is 1.62. The summed E-state index contributed by atoms with van der Waals surface area (Å²) in [6.45, 7) is 1.49. The van der Waals surface area contributed by atoms with Gasteiger partial charge in [-0.1, -0.05) is 19.3 Å². The average molecular weight is 323 g/mol. The van der Waals surface area contributed by atoms with Crippen LogP contribution >= 0.6 is 0 Å². The molecule has 0 aromatic carbocycles. The van der Waals surface area contributed by atoms with Crippen LogP contribution < -0.4 is 16.0 Å². The first-order valence-corrected chi connectivity index (χ1v) is 9.40. The number of hydrogen-bond donors (Lipinski definition) is 3. The molecule has 132 valence electrons. The van der Waals surface area contributed by atoms with Gasteiger partial charge in [-0.25, -0.2) is 0 Å². The number of carbonyl (C=O) groups is 2. The van der Waals surface area contributed by atoms with Crippen molar-refractivity contribution in [2.24, 2.45) is 11.8 Å². The van der Waals surface area contributed by atoms with Crippen molar-refractivity contribution < 1.29 is 9.59 Å². The third-order valence-corrected chi connectivity index (χ3v) is 5.34. The zero-order chi connectivity index (χ0) is 16.5. The summed E-state index contributed by atoms with van der Waals surface area (Å²) in [7, 11) is 1.88. The van der Waals surface area contributed by atoms with Crippen molar-refractivity contribution in [1.29, 1.82) is 0 Å². The van der Waals surface area contributed by atoms with Gasteiger partial charge in [-0.05, 0) is 51.5 Å². The Hall–Kier alpha value is -1.10. The summed E-state index contributed by atoms with van der Waals surface area (Å²) in [6.07, 6.45) is 10.7. The Kier molecular flexibility index (Phi) is 7.86. The Labute approximate surface area is 140 Å². The van der Waals surface area contributed by atoms with E-state index < -0.39 is 0 Å². The smallest absolute Gasteiger partial charge is 0.223 e. The maximum absolute atomic E-state index is 12.2. The van der Waals surface area contributed by atoms with Crippen LogP contribution in [0.3, 0.4) is 0 Å². The maximum Gasteiger partial charge on any atom is 0.223 e. The van der Waals surface area contributed by atoms with E-state index in [0.29, 0.717) is 18.9 Å². The predicted octanol–water partition coefficient (Wildman–Crippen LogP) is 1.97. The van der Waals surface area contributed by atoms with Gasteiger partial charge in [0.2, 0.25) is 11.8 Å². The molecule has 0 saturated heterocycles. The summed E-state index contributed by atoms with van der Waals surface area (Å²) < 4.78 is 0. The Morgan fingerprint density at radius 3 is 2.26 bits per heavy atom. The fraction of sp³-hybridized carbons (Fsp3) is 0.889. The molecule has 0 heterocycles. The number of nitrogens with one attached hydrogen (secondary N) is 3. The van der Waals surface area contributed by atoms with Crippen molar-refractivity contribution >= 4 is 11.8 Å². The van der Waals surface area contributed by atoms with Crippen LogP contribution in [0.5, 0.6) is 0 Å². The molecule has 5 heteroatoms. The van der Waals surface area contributed by atoms with E-state index in [1.807, 2.05) is 7.05 Å². The van der Waals surface area contributed by atoms with Crippen molar-refractivity contribution in [3.8, 4) is 0 Å². The van der Waals surface area contributed by atoms with Crippen LogP contribution in [0.25, 0.3) is 0 Å². The molecule has 23 heavy (non-hydrogen) atoms. The fourth-order valence-corrected chi connectivity index (χ4v) is 3.90. The minimum absolute atomic E-state index is 0.123. The molecular weight excluding hydrogens is 290 g/mol.